The van der Waals surface area contributed by atoms with Crippen molar-refractivity contribution in [1.82, 2.24) is 0 Å². The van der Waals surface area contributed by atoms with E-state index < -0.39 is 21.2 Å². The van der Waals surface area contributed by atoms with Crippen molar-refractivity contribution < 1.29 is 13.5 Å². The van der Waals surface area contributed by atoms with Crippen molar-refractivity contribution in [2.45, 2.75) is 29.6 Å². The van der Waals surface area contributed by atoms with Gasteiger partial charge in [-0.15, -0.1) is 0 Å². The van der Waals surface area contributed by atoms with Gasteiger partial charge in [0.25, 0.3) is 0 Å². The second-order valence-corrected chi connectivity index (χ2v) is 6.83. The summed E-state index contributed by atoms with van der Waals surface area (Å²) >= 11 is 0. The van der Waals surface area contributed by atoms with Crippen LogP contribution < -0.4 is 0 Å². The Bertz CT molecular complexity index is 636. The van der Waals surface area contributed by atoms with Crippen LogP contribution in [-0.4, -0.2) is 18.8 Å². The molecule has 0 fully saturated rings. The Labute approximate surface area is 119 Å². The lowest BCUT2D eigenvalue weighted by Gasteiger charge is -2.22. The molecule has 1 N–H and O–H groups in total. The average Bonchev–Trinajstić information content (AvgIpc) is 2.49. The van der Waals surface area contributed by atoms with Crippen LogP contribution in [0.3, 0.4) is 0 Å². The summed E-state index contributed by atoms with van der Waals surface area (Å²) < 4.78 is 25.2. The van der Waals surface area contributed by atoms with Crippen molar-refractivity contribution in [1.29, 1.82) is 0 Å². The van der Waals surface area contributed by atoms with E-state index in [0.717, 1.165) is 0 Å². The molecule has 2 atom stereocenters. The van der Waals surface area contributed by atoms with Crippen LogP contribution in [-0.2, 0) is 9.84 Å². The predicted molar refractivity (Wildman–Crippen MR) is 79.1 cm³/mol. The number of aliphatic hydroxyl groups is 1. The van der Waals surface area contributed by atoms with Crippen molar-refractivity contribution in [3.8, 4) is 0 Å². The van der Waals surface area contributed by atoms with Gasteiger partial charge < -0.3 is 5.11 Å². The van der Waals surface area contributed by atoms with Crippen LogP contribution in [0.2, 0.25) is 0 Å². The number of hydrogen-bond donors (Lipinski definition) is 1. The van der Waals surface area contributed by atoms with Gasteiger partial charge in [-0.1, -0.05) is 55.5 Å². The monoisotopic (exact) mass is 290 g/mol. The lowest BCUT2D eigenvalue weighted by molar-refractivity contribution is 0.169. The van der Waals surface area contributed by atoms with E-state index in [4.69, 9.17) is 0 Å². The van der Waals surface area contributed by atoms with Gasteiger partial charge >= 0.3 is 0 Å². The van der Waals surface area contributed by atoms with E-state index in [1.54, 1.807) is 61.5 Å². The lowest BCUT2D eigenvalue weighted by Crippen LogP contribution is -2.28. The summed E-state index contributed by atoms with van der Waals surface area (Å²) in [5.74, 6) is 0. The maximum absolute atomic E-state index is 12.6. The molecule has 0 unspecified atom stereocenters. The Morgan fingerprint density at radius 1 is 0.950 bits per heavy atom. The van der Waals surface area contributed by atoms with Crippen molar-refractivity contribution in [3.05, 3.63) is 66.2 Å². The van der Waals surface area contributed by atoms with E-state index in [0.29, 0.717) is 12.0 Å². The van der Waals surface area contributed by atoms with Gasteiger partial charge in [-0.05, 0) is 24.1 Å². The molecule has 0 aliphatic rings. The van der Waals surface area contributed by atoms with E-state index in [2.05, 4.69) is 0 Å². The second kappa shape index (κ2) is 6.20. The zero-order valence-electron chi connectivity index (χ0n) is 11.3. The summed E-state index contributed by atoms with van der Waals surface area (Å²) in [5.41, 5.74) is 0.624. The van der Waals surface area contributed by atoms with Gasteiger partial charge in [-0.25, -0.2) is 8.42 Å². The molecule has 4 heteroatoms. The summed E-state index contributed by atoms with van der Waals surface area (Å²) in [6.45, 7) is 1.78. The molecule has 0 radical (unpaired) electrons. The molecule has 0 spiro atoms. The fourth-order valence-corrected chi connectivity index (χ4v) is 4.08. The molecule has 0 saturated carbocycles. The van der Waals surface area contributed by atoms with Gasteiger partial charge in [0.05, 0.1) is 16.2 Å². The third kappa shape index (κ3) is 2.92. The van der Waals surface area contributed by atoms with Crippen LogP contribution >= 0.6 is 0 Å². The first-order valence-electron chi connectivity index (χ1n) is 6.59. The smallest absolute Gasteiger partial charge is 0.184 e. The maximum atomic E-state index is 12.6. The van der Waals surface area contributed by atoms with E-state index in [1.807, 2.05) is 6.07 Å². The van der Waals surface area contributed by atoms with Crippen LogP contribution in [0, 0.1) is 0 Å². The third-order valence-corrected chi connectivity index (χ3v) is 5.68. The van der Waals surface area contributed by atoms with Gasteiger partial charge in [0.2, 0.25) is 0 Å². The second-order valence-electron chi connectivity index (χ2n) is 4.66. The van der Waals surface area contributed by atoms with Crippen molar-refractivity contribution in [2.24, 2.45) is 0 Å². The van der Waals surface area contributed by atoms with Crippen LogP contribution in [0.25, 0.3) is 0 Å². The Hall–Kier alpha value is -1.65. The van der Waals surface area contributed by atoms with Gasteiger partial charge in [-0.2, -0.15) is 0 Å². The molecule has 2 aromatic carbocycles. The molecule has 0 aromatic heterocycles. The first kappa shape index (κ1) is 14.8. The van der Waals surface area contributed by atoms with Gasteiger partial charge in [-0.3, -0.25) is 0 Å². The SMILES string of the molecule is CC[C@@H]([C@@H](O)c1ccccc1)S(=O)(=O)c1ccccc1. The highest BCUT2D eigenvalue weighted by Gasteiger charge is 2.32. The highest BCUT2D eigenvalue weighted by atomic mass is 32.2. The molecule has 0 aliphatic heterocycles. The van der Waals surface area contributed by atoms with Gasteiger partial charge in [0.1, 0.15) is 0 Å². The number of rotatable bonds is 5. The zero-order chi connectivity index (χ0) is 14.6. The zero-order valence-corrected chi connectivity index (χ0v) is 12.1. The molecule has 2 rings (SSSR count). The summed E-state index contributed by atoms with van der Waals surface area (Å²) in [6, 6.07) is 17.2. The summed E-state index contributed by atoms with van der Waals surface area (Å²) in [6.07, 6.45) is -0.667. The fraction of sp³-hybridized carbons (Fsp3) is 0.250. The van der Waals surface area contributed by atoms with E-state index in [-0.39, 0.29) is 4.90 Å². The lowest BCUT2D eigenvalue weighted by atomic mass is 10.1. The van der Waals surface area contributed by atoms with E-state index in [9.17, 15) is 13.5 Å². The number of aliphatic hydroxyl groups excluding tert-OH is 1. The highest BCUT2D eigenvalue weighted by molar-refractivity contribution is 7.92. The largest absolute Gasteiger partial charge is 0.387 e. The Morgan fingerprint density at radius 3 is 1.95 bits per heavy atom. The molecule has 0 bridgehead atoms. The molecule has 0 aliphatic carbocycles. The topological polar surface area (TPSA) is 54.4 Å². The van der Waals surface area contributed by atoms with Crippen LogP contribution in [0.1, 0.15) is 25.0 Å². The third-order valence-electron chi connectivity index (χ3n) is 3.37. The predicted octanol–water partition coefficient (Wildman–Crippen LogP) is 2.97. The minimum atomic E-state index is -3.55. The fourth-order valence-electron chi connectivity index (χ4n) is 2.26. The van der Waals surface area contributed by atoms with E-state index >= 15 is 0 Å². The molecule has 0 amide bonds. The number of hydrogen-bond acceptors (Lipinski definition) is 3. The summed E-state index contributed by atoms with van der Waals surface area (Å²) in [5, 5.41) is 9.56. The minimum Gasteiger partial charge on any atom is -0.387 e. The van der Waals surface area contributed by atoms with Crippen molar-refractivity contribution >= 4 is 9.84 Å². The first-order valence-corrected chi connectivity index (χ1v) is 8.14. The Morgan fingerprint density at radius 2 is 1.45 bits per heavy atom. The molecular weight excluding hydrogens is 272 g/mol. The Balaban J connectivity index is 2.38. The molecule has 106 valence electrons. The standard InChI is InChI=1S/C16H18O3S/c1-2-15(16(17)13-9-5-3-6-10-13)20(18,19)14-11-7-4-8-12-14/h3-12,15-17H,2H2,1H3/t15-,16-/m0/s1. The molecule has 0 saturated heterocycles. The van der Waals surface area contributed by atoms with Crippen molar-refractivity contribution in [2.75, 3.05) is 0 Å². The average molecular weight is 290 g/mol. The quantitative estimate of drug-likeness (QED) is 0.921. The van der Waals surface area contributed by atoms with Gasteiger partial charge in [0.15, 0.2) is 9.84 Å². The summed E-state index contributed by atoms with van der Waals surface area (Å²) in [7, 11) is -3.55. The number of sulfone groups is 1. The molecule has 3 nitrogen and oxygen atoms in total. The normalized spacial score (nSPS) is 14.7. The maximum Gasteiger partial charge on any atom is 0.184 e. The van der Waals surface area contributed by atoms with Crippen molar-refractivity contribution in [3.63, 3.8) is 0 Å². The van der Waals surface area contributed by atoms with Crippen LogP contribution in [0.5, 0.6) is 0 Å². The van der Waals surface area contributed by atoms with Gasteiger partial charge in [0, 0.05) is 0 Å². The van der Waals surface area contributed by atoms with Crippen LogP contribution in [0.15, 0.2) is 65.6 Å². The Kier molecular flexibility index (Phi) is 4.57. The highest BCUT2D eigenvalue weighted by Crippen LogP contribution is 2.29. The molecule has 0 heterocycles. The van der Waals surface area contributed by atoms with E-state index in [1.165, 1.54) is 0 Å². The molecule has 2 aromatic rings. The molecule has 20 heavy (non-hydrogen) atoms. The first-order chi connectivity index (χ1) is 9.57. The van der Waals surface area contributed by atoms with Crippen LogP contribution in [0.4, 0.5) is 0 Å². The minimum absolute atomic E-state index is 0.252. The molecular formula is C16H18O3S. The number of benzene rings is 2. The summed E-state index contributed by atoms with van der Waals surface area (Å²) in [4.78, 5) is 0.252.